The quantitative estimate of drug-likeness (QED) is 0.426. The molecule has 0 radical (unpaired) electrons. The average molecular weight is 321 g/mol. The predicted molar refractivity (Wildman–Crippen MR) is 105 cm³/mol. The molecule has 4 rings (SSSR count). The third kappa shape index (κ3) is 3.09. The Hall–Kier alpha value is -3.19. The van der Waals surface area contributed by atoms with Gasteiger partial charge in [-0.05, 0) is 47.4 Å². The van der Waals surface area contributed by atoms with E-state index < -0.39 is 0 Å². The fraction of sp³-hybridized carbons (Fsp3) is 0.0417. The molecule has 3 aromatic carbocycles. The van der Waals surface area contributed by atoms with Crippen molar-refractivity contribution < 1.29 is 0 Å². The fourth-order valence-corrected chi connectivity index (χ4v) is 3.21. The second kappa shape index (κ2) is 6.74. The fourth-order valence-electron chi connectivity index (χ4n) is 3.21. The summed E-state index contributed by atoms with van der Waals surface area (Å²) < 4.78 is 0. The van der Waals surface area contributed by atoms with Gasteiger partial charge in [0.25, 0.3) is 0 Å². The molecule has 0 aliphatic carbocycles. The number of hydrogen-bond acceptors (Lipinski definition) is 1. The Labute approximate surface area is 148 Å². The highest BCUT2D eigenvalue weighted by atomic mass is 14.7. The maximum Gasteiger partial charge on any atom is 0.0708 e. The summed E-state index contributed by atoms with van der Waals surface area (Å²) in [5, 5.41) is 0. The minimum absolute atomic E-state index is 1.00. The molecule has 0 unspecified atom stereocenters. The van der Waals surface area contributed by atoms with Gasteiger partial charge in [0.05, 0.1) is 5.69 Å². The maximum atomic E-state index is 4.58. The first-order valence-corrected chi connectivity index (χ1v) is 8.50. The Balaban J connectivity index is 1.96. The van der Waals surface area contributed by atoms with Crippen LogP contribution < -0.4 is 0 Å². The SMILES string of the molecule is Cc1ccc(-c2ccccc2-c2ccccc2)c(-c2ccccn2)c1. The van der Waals surface area contributed by atoms with E-state index in [0.717, 1.165) is 5.69 Å². The number of pyridine rings is 1. The van der Waals surface area contributed by atoms with E-state index >= 15 is 0 Å². The van der Waals surface area contributed by atoms with Crippen LogP contribution in [0.4, 0.5) is 0 Å². The summed E-state index contributed by atoms with van der Waals surface area (Å²) >= 11 is 0. The number of rotatable bonds is 3. The van der Waals surface area contributed by atoms with Crippen molar-refractivity contribution in [3.05, 3.63) is 103 Å². The highest BCUT2D eigenvalue weighted by molar-refractivity contribution is 5.91. The molecule has 0 fully saturated rings. The molecule has 0 atom stereocenters. The summed E-state index contributed by atoms with van der Waals surface area (Å²) in [6.07, 6.45) is 1.85. The van der Waals surface area contributed by atoms with Crippen LogP contribution in [0.15, 0.2) is 97.2 Å². The van der Waals surface area contributed by atoms with E-state index in [2.05, 4.69) is 90.8 Å². The van der Waals surface area contributed by atoms with Crippen molar-refractivity contribution in [2.45, 2.75) is 6.92 Å². The minimum atomic E-state index is 1.00. The van der Waals surface area contributed by atoms with Crippen molar-refractivity contribution in [3.63, 3.8) is 0 Å². The van der Waals surface area contributed by atoms with Gasteiger partial charge in [0.2, 0.25) is 0 Å². The summed E-state index contributed by atoms with van der Waals surface area (Å²) in [6.45, 7) is 2.12. The first-order chi connectivity index (χ1) is 12.3. The third-order valence-electron chi connectivity index (χ3n) is 4.42. The summed E-state index contributed by atoms with van der Waals surface area (Å²) in [4.78, 5) is 4.58. The molecule has 0 saturated heterocycles. The number of hydrogen-bond donors (Lipinski definition) is 0. The summed E-state index contributed by atoms with van der Waals surface area (Å²) in [5.41, 5.74) is 8.32. The van der Waals surface area contributed by atoms with Crippen LogP contribution in [0.2, 0.25) is 0 Å². The molecule has 0 saturated carbocycles. The summed E-state index contributed by atoms with van der Waals surface area (Å²) in [6, 6.07) is 31.8. The molecule has 1 heterocycles. The Morgan fingerprint density at radius 3 is 2.00 bits per heavy atom. The summed E-state index contributed by atoms with van der Waals surface area (Å²) in [5.74, 6) is 0. The van der Waals surface area contributed by atoms with Crippen LogP contribution in [0.1, 0.15) is 5.56 Å². The zero-order chi connectivity index (χ0) is 17.1. The third-order valence-corrected chi connectivity index (χ3v) is 4.42. The molecule has 1 aromatic heterocycles. The van der Waals surface area contributed by atoms with Gasteiger partial charge < -0.3 is 0 Å². The second-order valence-corrected chi connectivity index (χ2v) is 6.18. The normalized spacial score (nSPS) is 10.6. The van der Waals surface area contributed by atoms with E-state index in [1.807, 2.05) is 18.3 Å². The predicted octanol–water partition coefficient (Wildman–Crippen LogP) is 6.39. The van der Waals surface area contributed by atoms with Crippen LogP contribution in [-0.4, -0.2) is 4.98 Å². The van der Waals surface area contributed by atoms with Gasteiger partial charge in [0.15, 0.2) is 0 Å². The van der Waals surface area contributed by atoms with Gasteiger partial charge in [-0.25, -0.2) is 0 Å². The first kappa shape index (κ1) is 15.3. The number of aromatic nitrogens is 1. The lowest BCUT2D eigenvalue weighted by Gasteiger charge is -2.15. The van der Waals surface area contributed by atoms with Gasteiger partial charge in [-0.3, -0.25) is 4.98 Å². The molecule has 0 aliphatic rings. The van der Waals surface area contributed by atoms with Crippen LogP contribution in [0.25, 0.3) is 33.5 Å². The number of nitrogens with zero attached hydrogens (tertiary/aromatic N) is 1. The topological polar surface area (TPSA) is 12.9 Å². The van der Waals surface area contributed by atoms with Crippen molar-refractivity contribution in [1.82, 2.24) is 4.98 Å². The lowest BCUT2D eigenvalue weighted by molar-refractivity contribution is 1.32. The molecule has 25 heavy (non-hydrogen) atoms. The molecule has 0 bridgehead atoms. The number of benzene rings is 3. The van der Waals surface area contributed by atoms with E-state index in [4.69, 9.17) is 0 Å². The van der Waals surface area contributed by atoms with Crippen LogP contribution in [0.5, 0.6) is 0 Å². The van der Waals surface area contributed by atoms with E-state index in [9.17, 15) is 0 Å². The van der Waals surface area contributed by atoms with Gasteiger partial charge in [-0.2, -0.15) is 0 Å². The highest BCUT2D eigenvalue weighted by Crippen LogP contribution is 2.37. The zero-order valence-corrected chi connectivity index (χ0v) is 14.2. The molecule has 1 nitrogen and oxygen atoms in total. The van der Waals surface area contributed by atoms with Gasteiger partial charge in [-0.1, -0.05) is 78.4 Å². The highest BCUT2D eigenvalue weighted by Gasteiger charge is 2.12. The molecule has 0 aliphatic heterocycles. The molecular formula is C24H19N. The summed E-state index contributed by atoms with van der Waals surface area (Å²) in [7, 11) is 0. The Kier molecular flexibility index (Phi) is 4.14. The van der Waals surface area contributed by atoms with E-state index in [0.29, 0.717) is 0 Å². The van der Waals surface area contributed by atoms with Gasteiger partial charge in [0.1, 0.15) is 0 Å². The van der Waals surface area contributed by atoms with Crippen molar-refractivity contribution in [2.75, 3.05) is 0 Å². The first-order valence-electron chi connectivity index (χ1n) is 8.50. The van der Waals surface area contributed by atoms with Crippen LogP contribution in [0.3, 0.4) is 0 Å². The van der Waals surface area contributed by atoms with Crippen LogP contribution in [0, 0.1) is 6.92 Å². The zero-order valence-electron chi connectivity index (χ0n) is 14.2. The van der Waals surface area contributed by atoms with Crippen molar-refractivity contribution in [3.8, 4) is 33.5 Å². The van der Waals surface area contributed by atoms with Crippen molar-refractivity contribution >= 4 is 0 Å². The lowest BCUT2D eigenvalue weighted by Crippen LogP contribution is -1.91. The van der Waals surface area contributed by atoms with Gasteiger partial charge in [0, 0.05) is 11.8 Å². The standard InChI is InChI=1S/C24H19N/c1-18-14-15-22(23(17-18)24-13-7-8-16-25-24)21-12-6-5-11-20(21)19-9-3-2-4-10-19/h2-17H,1H3. The Bertz CT molecular complexity index is 989. The minimum Gasteiger partial charge on any atom is -0.256 e. The van der Waals surface area contributed by atoms with Crippen LogP contribution >= 0.6 is 0 Å². The number of aryl methyl sites for hydroxylation is 1. The van der Waals surface area contributed by atoms with E-state index in [1.165, 1.54) is 33.4 Å². The van der Waals surface area contributed by atoms with Gasteiger partial charge in [-0.15, -0.1) is 0 Å². The average Bonchev–Trinajstić information content (AvgIpc) is 2.69. The Morgan fingerprint density at radius 2 is 1.24 bits per heavy atom. The van der Waals surface area contributed by atoms with E-state index in [1.54, 1.807) is 0 Å². The molecule has 4 aromatic rings. The molecule has 0 amide bonds. The maximum absolute atomic E-state index is 4.58. The smallest absolute Gasteiger partial charge is 0.0708 e. The van der Waals surface area contributed by atoms with Crippen molar-refractivity contribution in [1.29, 1.82) is 0 Å². The molecular weight excluding hydrogens is 302 g/mol. The van der Waals surface area contributed by atoms with E-state index in [-0.39, 0.29) is 0 Å². The molecule has 0 N–H and O–H groups in total. The van der Waals surface area contributed by atoms with Crippen molar-refractivity contribution in [2.24, 2.45) is 0 Å². The molecule has 120 valence electrons. The molecule has 0 spiro atoms. The monoisotopic (exact) mass is 321 g/mol. The Morgan fingerprint density at radius 1 is 0.560 bits per heavy atom. The lowest BCUT2D eigenvalue weighted by atomic mass is 9.90. The second-order valence-electron chi connectivity index (χ2n) is 6.18. The van der Waals surface area contributed by atoms with Crippen LogP contribution in [-0.2, 0) is 0 Å². The molecule has 1 heteroatoms. The largest absolute Gasteiger partial charge is 0.256 e. The van der Waals surface area contributed by atoms with Gasteiger partial charge >= 0.3 is 0 Å².